The minimum absolute atomic E-state index is 0.512. The number of benzene rings is 1. The Balaban J connectivity index is 1.35. The number of anilines is 1. The molecule has 126 valence electrons. The monoisotopic (exact) mass is 323 g/mol. The first-order chi connectivity index (χ1) is 11.9. The van der Waals surface area contributed by atoms with Gasteiger partial charge in [0.15, 0.2) is 0 Å². The molecule has 1 fully saturated rings. The Labute approximate surface area is 143 Å². The van der Waals surface area contributed by atoms with Gasteiger partial charge in [-0.2, -0.15) is 0 Å². The van der Waals surface area contributed by atoms with E-state index >= 15 is 0 Å². The predicted molar refractivity (Wildman–Crippen MR) is 96.8 cm³/mol. The fourth-order valence-corrected chi connectivity index (χ4v) is 3.34. The summed E-state index contributed by atoms with van der Waals surface area (Å²) in [6, 6.07) is 9.47. The summed E-state index contributed by atoms with van der Waals surface area (Å²) in [6.07, 6.45) is 9.44. The number of nitrogens with one attached hydrogen (secondary N) is 2. The van der Waals surface area contributed by atoms with E-state index in [-0.39, 0.29) is 0 Å². The third-order valence-electron chi connectivity index (χ3n) is 4.96. The number of hydrogen-bond acceptors (Lipinski definition) is 4. The second-order valence-corrected chi connectivity index (χ2v) is 6.80. The molecule has 0 bridgehead atoms. The third-order valence-corrected chi connectivity index (χ3v) is 4.96. The van der Waals surface area contributed by atoms with Crippen molar-refractivity contribution in [2.75, 3.05) is 25.0 Å². The minimum Gasteiger partial charge on any atom is -0.490 e. The van der Waals surface area contributed by atoms with Gasteiger partial charge in [0.2, 0.25) is 0 Å². The summed E-state index contributed by atoms with van der Waals surface area (Å²) in [5.74, 6) is 0.885. The number of hydrogen-bond donors (Lipinski definition) is 2. The second-order valence-electron chi connectivity index (χ2n) is 6.80. The van der Waals surface area contributed by atoms with Crippen LogP contribution in [0.5, 0.6) is 5.75 Å². The molecule has 4 nitrogen and oxygen atoms in total. The Kier molecular flexibility index (Phi) is 4.65. The summed E-state index contributed by atoms with van der Waals surface area (Å²) >= 11 is 0. The van der Waals surface area contributed by atoms with Crippen LogP contribution in [0.1, 0.15) is 29.5 Å². The smallest absolute Gasteiger partial charge is 0.137 e. The molecule has 2 aromatic rings. The lowest BCUT2D eigenvalue weighted by molar-refractivity contribution is 0.217. The number of ether oxygens (including phenoxy) is 1. The highest BCUT2D eigenvalue weighted by atomic mass is 16.5. The van der Waals surface area contributed by atoms with Gasteiger partial charge in [-0.05, 0) is 67.5 Å². The molecular weight excluding hydrogens is 298 g/mol. The van der Waals surface area contributed by atoms with Gasteiger partial charge in [0.1, 0.15) is 12.4 Å². The molecule has 1 atom stereocenters. The Morgan fingerprint density at radius 3 is 2.88 bits per heavy atom. The molecule has 3 heterocycles. The van der Waals surface area contributed by atoms with Crippen molar-refractivity contribution in [3.8, 4) is 5.75 Å². The Bertz CT molecular complexity index is 697. The van der Waals surface area contributed by atoms with Crippen LogP contribution in [0.15, 0.2) is 36.7 Å². The van der Waals surface area contributed by atoms with Crippen LogP contribution in [0, 0.1) is 0 Å². The normalized spacial score (nSPS) is 19.1. The van der Waals surface area contributed by atoms with Crippen LogP contribution in [0.4, 0.5) is 5.69 Å². The second kappa shape index (κ2) is 7.22. The van der Waals surface area contributed by atoms with Crippen molar-refractivity contribution >= 4 is 5.69 Å². The fourth-order valence-electron chi connectivity index (χ4n) is 3.34. The van der Waals surface area contributed by atoms with Crippen LogP contribution in [0.25, 0.3) is 0 Å². The quantitative estimate of drug-likeness (QED) is 0.858. The average molecular weight is 323 g/mol. The Hall–Kier alpha value is -2.07. The summed E-state index contributed by atoms with van der Waals surface area (Å²) in [5.41, 5.74) is 5.42. The van der Waals surface area contributed by atoms with Crippen LogP contribution in [0.2, 0.25) is 0 Å². The van der Waals surface area contributed by atoms with Crippen molar-refractivity contribution in [3.63, 3.8) is 0 Å². The summed E-state index contributed by atoms with van der Waals surface area (Å²) < 4.78 is 5.84. The summed E-state index contributed by atoms with van der Waals surface area (Å²) in [5, 5.41) is 6.82. The maximum atomic E-state index is 5.84. The topological polar surface area (TPSA) is 46.2 Å². The zero-order valence-electron chi connectivity index (χ0n) is 14.1. The Morgan fingerprint density at radius 2 is 2.00 bits per heavy atom. The molecule has 0 spiro atoms. The van der Waals surface area contributed by atoms with Gasteiger partial charge >= 0.3 is 0 Å². The lowest BCUT2D eigenvalue weighted by Gasteiger charge is -2.27. The molecule has 0 amide bonds. The first kappa shape index (κ1) is 15.5. The van der Waals surface area contributed by atoms with Crippen LogP contribution < -0.4 is 15.4 Å². The average Bonchev–Trinajstić information content (AvgIpc) is 2.59. The van der Waals surface area contributed by atoms with Gasteiger partial charge in [0.25, 0.3) is 0 Å². The minimum atomic E-state index is 0.512. The van der Waals surface area contributed by atoms with E-state index in [2.05, 4.69) is 39.9 Å². The molecule has 1 aromatic carbocycles. The summed E-state index contributed by atoms with van der Waals surface area (Å²) in [6.45, 7) is 2.95. The van der Waals surface area contributed by atoms with E-state index in [0.29, 0.717) is 6.04 Å². The van der Waals surface area contributed by atoms with Crippen molar-refractivity contribution in [2.45, 2.75) is 38.1 Å². The SMILES string of the molecule is c1cc2c(cc1CCc1cncc(OCC3CCN3)c1)CCCN2. The van der Waals surface area contributed by atoms with Crippen molar-refractivity contribution in [1.29, 1.82) is 0 Å². The van der Waals surface area contributed by atoms with E-state index in [0.717, 1.165) is 38.3 Å². The molecule has 0 saturated carbocycles. The zero-order chi connectivity index (χ0) is 16.2. The van der Waals surface area contributed by atoms with E-state index in [9.17, 15) is 0 Å². The fraction of sp³-hybridized carbons (Fsp3) is 0.450. The van der Waals surface area contributed by atoms with E-state index in [1.165, 1.54) is 41.6 Å². The van der Waals surface area contributed by atoms with E-state index in [1.54, 1.807) is 0 Å². The van der Waals surface area contributed by atoms with Crippen molar-refractivity contribution < 1.29 is 4.74 Å². The van der Waals surface area contributed by atoms with Crippen molar-refractivity contribution in [3.05, 3.63) is 53.3 Å². The van der Waals surface area contributed by atoms with Gasteiger partial charge in [-0.15, -0.1) is 0 Å². The lowest BCUT2D eigenvalue weighted by atomic mass is 9.98. The molecular formula is C20H25N3O. The summed E-state index contributed by atoms with van der Waals surface area (Å²) in [4.78, 5) is 4.33. The molecule has 1 aromatic heterocycles. The van der Waals surface area contributed by atoms with E-state index < -0.39 is 0 Å². The lowest BCUT2D eigenvalue weighted by Crippen LogP contribution is -2.46. The molecule has 2 aliphatic heterocycles. The highest BCUT2D eigenvalue weighted by Crippen LogP contribution is 2.24. The maximum absolute atomic E-state index is 5.84. The van der Waals surface area contributed by atoms with E-state index in [4.69, 9.17) is 4.74 Å². The standard InChI is InChI=1S/C20H25N3O/c1-2-17-10-15(5-6-20(17)23-8-1)3-4-16-11-19(13-21-12-16)24-14-18-7-9-22-18/h5-6,10-13,18,22-23H,1-4,7-9,14H2. The molecule has 2 aliphatic rings. The molecule has 0 radical (unpaired) electrons. The maximum Gasteiger partial charge on any atom is 0.137 e. The Morgan fingerprint density at radius 1 is 1.08 bits per heavy atom. The van der Waals surface area contributed by atoms with Crippen LogP contribution in [0.3, 0.4) is 0 Å². The molecule has 1 saturated heterocycles. The van der Waals surface area contributed by atoms with Gasteiger partial charge in [0, 0.05) is 24.5 Å². The number of rotatable bonds is 6. The molecule has 2 N–H and O–H groups in total. The third kappa shape index (κ3) is 3.70. The highest BCUT2D eigenvalue weighted by Gasteiger charge is 2.16. The molecule has 1 unspecified atom stereocenters. The van der Waals surface area contributed by atoms with Crippen molar-refractivity contribution in [1.82, 2.24) is 10.3 Å². The highest BCUT2D eigenvalue weighted by molar-refractivity contribution is 5.54. The van der Waals surface area contributed by atoms with Crippen LogP contribution >= 0.6 is 0 Å². The van der Waals surface area contributed by atoms with Gasteiger partial charge in [-0.3, -0.25) is 4.98 Å². The molecule has 4 rings (SSSR count). The van der Waals surface area contributed by atoms with Gasteiger partial charge in [-0.25, -0.2) is 0 Å². The zero-order valence-corrected chi connectivity index (χ0v) is 14.1. The van der Waals surface area contributed by atoms with Crippen LogP contribution in [-0.2, 0) is 19.3 Å². The molecule has 0 aliphatic carbocycles. The number of aromatic nitrogens is 1. The summed E-state index contributed by atoms with van der Waals surface area (Å²) in [7, 11) is 0. The first-order valence-corrected chi connectivity index (χ1v) is 9.02. The van der Waals surface area contributed by atoms with E-state index in [1.807, 2.05) is 12.4 Å². The number of nitrogens with zero attached hydrogens (tertiary/aromatic N) is 1. The van der Waals surface area contributed by atoms with Gasteiger partial charge < -0.3 is 15.4 Å². The van der Waals surface area contributed by atoms with Gasteiger partial charge in [-0.1, -0.05) is 12.1 Å². The first-order valence-electron chi connectivity index (χ1n) is 9.02. The molecule has 4 heteroatoms. The number of pyridine rings is 1. The largest absolute Gasteiger partial charge is 0.490 e. The predicted octanol–water partition coefficient (Wildman–Crippen LogP) is 2.97. The van der Waals surface area contributed by atoms with Gasteiger partial charge in [0.05, 0.1) is 6.20 Å². The van der Waals surface area contributed by atoms with Crippen molar-refractivity contribution in [2.24, 2.45) is 0 Å². The van der Waals surface area contributed by atoms with Crippen LogP contribution in [-0.4, -0.2) is 30.7 Å². The number of fused-ring (bicyclic) bond motifs is 1. The molecule has 24 heavy (non-hydrogen) atoms. The number of aryl methyl sites for hydroxylation is 3.